The Morgan fingerprint density at radius 3 is 2.88 bits per heavy atom. The van der Waals surface area contributed by atoms with E-state index in [2.05, 4.69) is 52.8 Å². The molecule has 3 rings (SSSR count). The first-order chi connectivity index (χ1) is 11.7. The molecule has 1 atom stereocenters. The van der Waals surface area contributed by atoms with Crippen LogP contribution in [0.1, 0.15) is 22.8 Å². The van der Waals surface area contributed by atoms with Crippen LogP contribution in [0.15, 0.2) is 48.0 Å². The maximum Gasteiger partial charge on any atom is 0.221 e. The molecule has 24 heavy (non-hydrogen) atoms. The molecule has 0 bridgehead atoms. The van der Waals surface area contributed by atoms with Crippen molar-refractivity contribution < 1.29 is 9.53 Å². The van der Waals surface area contributed by atoms with E-state index in [9.17, 15) is 4.79 Å². The zero-order valence-electron chi connectivity index (χ0n) is 14.0. The Kier molecular flexibility index (Phi) is 5.33. The molecule has 0 saturated carbocycles. The summed E-state index contributed by atoms with van der Waals surface area (Å²) in [7, 11) is 3.69. The molecule has 1 aromatic carbocycles. The summed E-state index contributed by atoms with van der Waals surface area (Å²) in [5.74, 6) is 0.122. The van der Waals surface area contributed by atoms with Crippen LogP contribution in [0, 0.1) is 0 Å². The van der Waals surface area contributed by atoms with Gasteiger partial charge in [-0.1, -0.05) is 24.3 Å². The van der Waals surface area contributed by atoms with Crippen molar-refractivity contribution in [3.05, 3.63) is 58.4 Å². The second-order valence-corrected chi connectivity index (χ2v) is 6.81. The first-order valence-corrected chi connectivity index (χ1v) is 8.91. The maximum absolute atomic E-state index is 12.4. The predicted molar refractivity (Wildman–Crippen MR) is 98.6 cm³/mol. The average molecular weight is 342 g/mol. The van der Waals surface area contributed by atoms with E-state index in [0.29, 0.717) is 19.6 Å². The summed E-state index contributed by atoms with van der Waals surface area (Å²) in [6.45, 7) is 1.08. The van der Waals surface area contributed by atoms with Crippen molar-refractivity contribution >= 4 is 28.1 Å². The fraction of sp³-hybridized carbons (Fsp3) is 0.316. The van der Waals surface area contributed by atoms with Crippen molar-refractivity contribution in [2.24, 2.45) is 7.05 Å². The van der Waals surface area contributed by atoms with Crippen LogP contribution in [0.2, 0.25) is 0 Å². The molecule has 4 nitrogen and oxygen atoms in total. The number of hydrogen-bond acceptors (Lipinski definition) is 3. The number of thiophene rings is 1. The van der Waals surface area contributed by atoms with Gasteiger partial charge in [-0.2, -0.15) is 0 Å². The number of nitrogens with one attached hydrogen (secondary N) is 1. The van der Waals surface area contributed by atoms with Crippen molar-refractivity contribution in [1.29, 1.82) is 0 Å². The van der Waals surface area contributed by atoms with E-state index in [1.807, 2.05) is 12.1 Å². The predicted octanol–water partition coefficient (Wildman–Crippen LogP) is 3.52. The summed E-state index contributed by atoms with van der Waals surface area (Å²) in [6, 6.07) is 12.5. The molecule has 0 radical (unpaired) electrons. The van der Waals surface area contributed by atoms with Crippen LogP contribution < -0.4 is 5.32 Å². The summed E-state index contributed by atoms with van der Waals surface area (Å²) in [5.41, 5.74) is 2.39. The minimum Gasteiger partial charge on any atom is -0.383 e. The summed E-state index contributed by atoms with van der Waals surface area (Å²) in [6.07, 6.45) is 2.59. The van der Waals surface area contributed by atoms with E-state index in [1.54, 1.807) is 18.4 Å². The molecule has 0 spiro atoms. The van der Waals surface area contributed by atoms with Gasteiger partial charge in [0, 0.05) is 55.0 Å². The van der Waals surface area contributed by atoms with Gasteiger partial charge in [-0.05, 0) is 23.1 Å². The van der Waals surface area contributed by atoms with Crippen LogP contribution in [-0.4, -0.2) is 30.7 Å². The lowest BCUT2D eigenvalue weighted by molar-refractivity contribution is -0.121. The third kappa shape index (κ3) is 3.52. The second-order valence-electron chi connectivity index (χ2n) is 5.83. The smallest absolute Gasteiger partial charge is 0.221 e. The molecule has 1 unspecified atom stereocenters. The highest BCUT2D eigenvalue weighted by Gasteiger charge is 2.22. The number of carbonyl (C=O) groups is 1. The van der Waals surface area contributed by atoms with E-state index in [4.69, 9.17) is 4.74 Å². The van der Waals surface area contributed by atoms with E-state index in [1.165, 1.54) is 21.3 Å². The maximum atomic E-state index is 12.4. The molecule has 1 N–H and O–H groups in total. The topological polar surface area (TPSA) is 43.3 Å². The quantitative estimate of drug-likeness (QED) is 0.668. The van der Waals surface area contributed by atoms with Crippen molar-refractivity contribution in [3.63, 3.8) is 0 Å². The zero-order chi connectivity index (χ0) is 16.9. The first kappa shape index (κ1) is 16.7. The molecule has 0 aliphatic heterocycles. The number of ether oxygens (including phenoxy) is 1. The number of methoxy groups -OCH3 is 1. The Morgan fingerprint density at radius 1 is 1.29 bits per heavy atom. The summed E-state index contributed by atoms with van der Waals surface area (Å²) >= 11 is 1.70. The van der Waals surface area contributed by atoms with Crippen LogP contribution in [0.3, 0.4) is 0 Å². The molecular formula is C19H22N2O2S. The second kappa shape index (κ2) is 7.64. The highest BCUT2D eigenvalue weighted by molar-refractivity contribution is 7.10. The van der Waals surface area contributed by atoms with Gasteiger partial charge in [0.05, 0.1) is 6.61 Å². The van der Waals surface area contributed by atoms with Crippen molar-refractivity contribution in [3.8, 4) is 0 Å². The molecule has 3 aromatic rings. The minimum absolute atomic E-state index is 0.0541. The van der Waals surface area contributed by atoms with Crippen molar-refractivity contribution in [1.82, 2.24) is 9.88 Å². The molecule has 2 heterocycles. The molecule has 0 fully saturated rings. The van der Waals surface area contributed by atoms with Crippen LogP contribution in [-0.2, 0) is 16.6 Å². The number of hydrogen-bond donors (Lipinski definition) is 1. The van der Waals surface area contributed by atoms with Gasteiger partial charge in [-0.3, -0.25) is 4.79 Å². The van der Waals surface area contributed by atoms with Gasteiger partial charge >= 0.3 is 0 Å². The lowest BCUT2D eigenvalue weighted by Crippen LogP contribution is -2.28. The highest BCUT2D eigenvalue weighted by Crippen LogP contribution is 2.36. The van der Waals surface area contributed by atoms with E-state index in [-0.39, 0.29) is 11.8 Å². The van der Waals surface area contributed by atoms with Crippen LogP contribution in [0.4, 0.5) is 0 Å². The van der Waals surface area contributed by atoms with Crippen molar-refractivity contribution in [2.45, 2.75) is 12.3 Å². The first-order valence-electron chi connectivity index (χ1n) is 8.03. The fourth-order valence-corrected chi connectivity index (χ4v) is 3.90. The number of rotatable bonds is 7. The van der Waals surface area contributed by atoms with Crippen molar-refractivity contribution in [2.75, 3.05) is 20.3 Å². The van der Waals surface area contributed by atoms with E-state index in [0.717, 1.165) is 0 Å². The Morgan fingerprint density at radius 2 is 2.12 bits per heavy atom. The monoisotopic (exact) mass is 342 g/mol. The van der Waals surface area contributed by atoms with Gasteiger partial charge in [0.2, 0.25) is 5.91 Å². The standard InChI is InChI=1S/C19H22N2O2S/c1-21-13-16(14-6-3-4-7-17(14)21)15(18-8-5-11-24-18)12-19(22)20-9-10-23-2/h3-8,11,13,15H,9-10,12H2,1-2H3,(H,20,22). The normalized spacial score (nSPS) is 12.4. The van der Waals surface area contributed by atoms with Gasteiger partial charge in [-0.25, -0.2) is 0 Å². The number of fused-ring (bicyclic) bond motifs is 1. The zero-order valence-corrected chi connectivity index (χ0v) is 14.8. The van der Waals surface area contributed by atoms with E-state index < -0.39 is 0 Å². The van der Waals surface area contributed by atoms with Gasteiger partial charge < -0.3 is 14.6 Å². The fourth-order valence-electron chi connectivity index (χ4n) is 3.05. The number of aromatic nitrogens is 1. The van der Waals surface area contributed by atoms with Crippen LogP contribution in [0.5, 0.6) is 0 Å². The minimum atomic E-state index is 0.0541. The largest absolute Gasteiger partial charge is 0.383 e. The van der Waals surface area contributed by atoms with Crippen LogP contribution in [0.25, 0.3) is 10.9 Å². The molecule has 2 aromatic heterocycles. The Balaban J connectivity index is 1.92. The average Bonchev–Trinajstić information content (AvgIpc) is 3.22. The van der Waals surface area contributed by atoms with E-state index >= 15 is 0 Å². The molecule has 126 valence electrons. The molecule has 0 aliphatic rings. The molecule has 0 aliphatic carbocycles. The summed E-state index contributed by atoms with van der Waals surface area (Å²) in [4.78, 5) is 13.6. The summed E-state index contributed by atoms with van der Waals surface area (Å²) < 4.78 is 7.13. The SMILES string of the molecule is COCCNC(=O)CC(c1cccs1)c1cn(C)c2ccccc12. The highest BCUT2D eigenvalue weighted by atomic mass is 32.1. The molecule has 5 heteroatoms. The lowest BCUT2D eigenvalue weighted by Gasteiger charge is -2.15. The third-order valence-electron chi connectivity index (χ3n) is 4.21. The third-order valence-corrected chi connectivity index (χ3v) is 5.19. The van der Waals surface area contributed by atoms with Gasteiger partial charge in [0.15, 0.2) is 0 Å². The lowest BCUT2D eigenvalue weighted by atomic mass is 9.93. The Bertz CT molecular complexity index is 808. The van der Waals surface area contributed by atoms with Gasteiger partial charge in [0.1, 0.15) is 0 Å². The molecular weight excluding hydrogens is 320 g/mol. The Labute approximate surface area is 146 Å². The molecule has 0 saturated heterocycles. The Hall–Kier alpha value is -2.11. The number of benzene rings is 1. The van der Waals surface area contributed by atoms with Crippen LogP contribution >= 0.6 is 11.3 Å². The number of para-hydroxylation sites is 1. The number of amides is 1. The van der Waals surface area contributed by atoms with Gasteiger partial charge in [-0.15, -0.1) is 11.3 Å². The number of aryl methyl sites for hydroxylation is 1. The number of nitrogens with zero attached hydrogens (tertiary/aromatic N) is 1. The summed E-state index contributed by atoms with van der Waals surface area (Å²) in [5, 5.41) is 6.21. The number of carbonyl (C=O) groups excluding carboxylic acids is 1. The van der Waals surface area contributed by atoms with Gasteiger partial charge in [0.25, 0.3) is 0 Å². The molecule has 1 amide bonds.